The third kappa shape index (κ3) is 3.73. The highest BCUT2D eigenvalue weighted by Crippen LogP contribution is 2.28. The molecule has 1 fully saturated rings. The lowest BCUT2D eigenvalue weighted by Crippen LogP contribution is -2.51. The smallest absolute Gasteiger partial charge is 0.243 e. The van der Waals surface area contributed by atoms with Crippen LogP contribution in [0.5, 0.6) is 0 Å². The Morgan fingerprint density at radius 1 is 1.38 bits per heavy atom. The van der Waals surface area contributed by atoms with Gasteiger partial charge in [-0.15, -0.1) is 0 Å². The average Bonchev–Trinajstić information content (AvgIpc) is 2.60. The second-order valence-electron chi connectivity index (χ2n) is 5.88. The first kappa shape index (κ1) is 15.8. The van der Waals surface area contributed by atoms with Crippen LogP contribution in [0, 0.1) is 12.7 Å². The van der Waals surface area contributed by atoms with Crippen LogP contribution in [0.2, 0.25) is 0 Å². The lowest BCUT2D eigenvalue weighted by molar-refractivity contribution is -0.122. The molecule has 1 aliphatic rings. The largest absolute Gasteiger partial charge is 0.371 e. The van der Waals surface area contributed by atoms with Crippen LogP contribution in [0.4, 0.5) is 10.1 Å². The van der Waals surface area contributed by atoms with Gasteiger partial charge in [0.25, 0.3) is 0 Å². The molecule has 0 aromatic heterocycles. The van der Waals surface area contributed by atoms with E-state index in [-0.39, 0.29) is 11.7 Å². The van der Waals surface area contributed by atoms with Gasteiger partial charge in [0.2, 0.25) is 5.91 Å². The third-order valence-electron chi connectivity index (χ3n) is 4.28. The minimum atomic E-state index is -0.788. The number of amides is 1. The first-order valence-corrected chi connectivity index (χ1v) is 7.53. The number of aryl methyl sites for hydroxylation is 1. The van der Waals surface area contributed by atoms with Crippen molar-refractivity contribution < 1.29 is 9.18 Å². The maximum atomic E-state index is 13.5. The molecule has 116 valence electrons. The van der Waals surface area contributed by atoms with Gasteiger partial charge in [-0.25, -0.2) is 4.39 Å². The molecule has 4 nitrogen and oxygen atoms in total. The number of nitrogens with one attached hydrogen (secondary N) is 1. The van der Waals surface area contributed by atoms with Crippen molar-refractivity contribution >= 4 is 11.6 Å². The van der Waals surface area contributed by atoms with Crippen LogP contribution in [-0.4, -0.2) is 36.0 Å². The quantitative estimate of drug-likeness (QED) is 0.895. The molecular weight excluding hydrogens is 269 g/mol. The molecule has 3 N–H and O–H groups in total. The number of benzene rings is 1. The van der Waals surface area contributed by atoms with Crippen LogP contribution >= 0.6 is 0 Å². The summed E-state index contributed by atoms with van der Waals surface area (Å²) in [5.41, 5.74) is 6.32. The predicted molar refractivity (Wildman–Crippen MR) is 82.7 cm³/mol. The van der Waals surface area contributed by atoms with Crippen LogP contribution in [0.15, 0.2) is 18.2 Å². The number of carbonyl (C=O) groups excluding carboxylic acids is 1. The summed E-state index contributed by atoms with van der Waals surface area (Å²) in [5.74, 6) is -0.664. The molecule has 0 aliphatic carbocycles. The first-order chi connectivity index (χ1) is 9.95. The third-order valence-corrected chi connectivity index (χ3v) is 4.28. The lowest BCUT2D eigenvalue weighted by atomic mass is 9.89. The highest BCUT2D eigenvalue weighted by Gasteiger charge is 2.38. The Morgan fingerprint density at radius 2 is 2.14 bits per heavy atom. The zero-order chi connectivity index (χ0) is 15.5. The van der Waals surface area contributed by atoms with Gasteiger partial charge in [0.15, 0.2) is 0 Å². The SMILES string of the molecule is CCN1CCCC(Nc2cc(C)cc(F)c2)(C(N)=O)CC1. The van der Waals surface area contributed by atoms with Gasteiger partial charge < -0.3 is 16.0 Å². The van der Waals surface area contributed by atoms with E-state index in [9.17, 15) is 9.18 Å². The minimum Gasteiger partial charge on any atom is -0.371 e. The van der Waals surface area contributed by atoms with Gasteiger partial charge in [-0.1, -0.05) is 6.92 Å². The topological polar surface area (TPSA) is 58.4 Å². The highest BCUT2D eigenvalue weighted by atomic mass is 19.1. The predicted octanol–water partition coefficient (Wildman–Crippen LogP) is 2.28. The van der Waals surface area contributed by atoms with Crippen molar-refractivity contribution in [3.8, 4) is 0 Å². The molecule has 1 aromatic carbocycles. The summed E-state index contributed by atoms with van der Waals surface area (Å²) in [6.45, 7) is 6.70. The molecule has 1 saturated heterocycles. The fraction of sp³-hybridized carbons (Fsp3) is 0.562. The number of halogens is 1. The van der Waals surface area contributed by atoms with Crippen LogP contribution in [0.1, 0.15) is 31.7 Å². The van der Waals surface area contributed by atoms with Gasteiger partial charge in [-0.3, -0.25) is 4.79 Å². The zero-order valence-corrected chi connectivity index (χ0v) is 12.8. The van der Waals surface area contributed by atoms with Crippen LogP contribution in [0.3, 0.4) is 0 Å². The summed E-state index contributed by atoms with van der Waals surface area (Å²) in [6, 6.07) is 4.73. The Bertz CT molecular complexity index is 500. The maximum Gasteiger partial charge on any atom is 0.243 e. The number of nitrogens with zero attached hydrogens (tertiary/aromatic N) is 1. The van der Waals surface area contributed by atoms with Crippen molar-refractivity contribution in [3.05, 3.63) is 29.6 Å². The van der Waals surface area contributed by atoms with E-state index in [4.69, 9.17) is 5.73 Å². The summed E-state index contributed by atoms with van der Waals surface area (Å²) < 4.78 is 13.5. The maximum absolute atomic E-state index is 13.5. The second-order valence-corrected chi connectivity index (χ2v) is 5.88. The molecule has 0 spiro atoms. The number of rotatable bonds is 4. The van der Waals surface area contributed by atoms with E-state index >= 15 is 0 Å². The summed E-state index contributed by atoms with van der Waals surface area (Å²) in [5, 5.41) is 3.22. The van der Waals surface area contributed by atoms with E-state index in [0.717, 1.165) is 31.6 Å². The van der Waals surface area contributed by atoms with Crippen molar-refractivity contribution in [3.63, 3.8) is 0 Å². The number of anilines is 1. The monoisotopic (exact) mass is 293 g/mol. The lowest BCUT2D eigenvalue weighted by Gasteiger charge is -2.32. The molecule has 5 heteroatoms. The van der Waals surface area contributed by atoms with E-state index in [1.807, 2.05) is 13.0 Å². The summed E-state index contributed by atoms with van der Waals surface area (Å²) in [6.07, 6.45) is 2.22. The Hall–Kier alpha value is -1.62. The molecule has 2 rings (SSSR count). The summed E-state index contributed by atoms with van der Waals surface area (Å²) >= 11 is 0. The number of likely N-dealkylation sites (tertiary alicyclic amines) is 1. The molecule has 1 aliphatic heterocycles. The highest BCUT2D eigenvalue weighted by molar-refractivity contribution is 5.88. The van der Waals surface area contributed by atoms with Gasteiger partial charge in [-0.05, 0) is 63.0 Å². The van der Waals surface area contributed by atoms with Crippen LogP contribution in [0.25, 0.3) is 0 Å². The molecule has 0 radical (unpaired) electrons. The molecule has 21 heavy (non-hydrogen) atoms. The first-order valence-electron chi connectivity index (χ1n) is 7.53. The molecule has 1 aromatic rings. The molecule has 1 atom stereocenters. The van der Waals surface area contributed by atoms with Crippen molar-refractivity contribution in [2.75, 3.05) is 25.0 Å². The Balaban J connectivity index is 2.24. The Morgan fingerprint density at radius 3 is 2.76 bits per heavy atom. The fourth-order valence-corrected chi connectivity index (χ4v) is 3.02. The molecule has 0 bridgehead atoms. The number of hydrogen-bond acceptors (Lipinski definition) is 3. The van der Waals surface area contributed by atoms with Crippen LogP contribution in [-0.2, 0) is 4.79 Å². The van der Waals surface area contributed by atoms with Gasteiger partial charge >= 0.3 is 0 Å². The number of hydrogen-bond donors (Lipinski definition) is 2. The van der Waals surface area contributed by atoms with E-state index in [0.29, 0.717) is 18.5 Å². The van der Waals surface area contributed by atoms with E-state index < -0.39 is 5.54 Å². The average molecular weight is 293 g/mol. The van der Waals surface area contributed by atoms with Crippen molar-refractivity contribution in [2.45, 2.75) is 38.6 Å². The molecule has 1 heterocycles. The standard InChI is InChI=1S/C16H24FN3O/c1-3-20-7-4-5-16(6-8-20,15(18)21)19-14-10-12(2)9-13(17)11-14/h9-11,19H,3-8H2,1-2H3,(H2,18,21). The molecular formula is C16H24FN3O. The number of carbonyl (C=O) groups is 1. The molecule has 1 amide bonds. The van der Waals surface area contributed by atoms with E-state index in [2.05, 4.69) is 17.1 Å². The van der Waals surface area contributed by atoms with E-state index in [1.165, 1.54) is 12.1 Å². The van der Waals surface area contributed by atoms with Gasteiger partial charge in [0.05, 0.1) is 0 Å². The Kier molecular flexibility index (Phi) is 4.83. The van der Waals surface area contributed by atoms with Crippen molar-refractivity contribution in [1.29, 1.82) is 0 Å². The van der Waals surface area contributed by atoms with Crippen molar-refractivity contribution in [1.82, 2.24) is 4.90 Å². The normalized spacial score (nSPS) is 23.6. The van der Waals surface area contributed by atoms with Gasteiger partial charge in [-0.2, -0.15) is 0 Å². The number of primary amides is 1. The van der Waals surface area contributed by atoms with Crippen molar-refractivity contribution in [2.24, 2.45) is 5.73 Å². The van der Waals surface area contributed by atoms with E-state index in [1.54, 1.807) is 0 Å². The fourth-order valence-electron chi connectivity index (χ4n) is 3.02. The summed E-state index contributed by atoms with van der Waals surface area (Å²) in [7, 11) is 0. The van der Waals surface area contributed by atoms with Crippen LogP contribution < -0.4 is 11.1 Å². The minimum absolute atomic E-state index is 0.305. The van der Waals surface area contributed by atoms with Gasteiger partial charge in [0.1, 0.15) is 11.4 Å². The molecule has 0 saturated carbocycles. The zero-order valence-electron chi connectivity index (χ0n) is 12.8. The second kappa shape index (κ2) is 6.43. The summed E-state index contributed by atoms with van der Waals surface area (Å²) in [4.78, 5) is 14.4. The van der Waals surface area contributed by atoms with Gasteiger partial charge in [0, 0.05) is 12.2 Å². The molecule has 1 unspecified atom stereocenters. The Labute approximate surface area is 125 Å². The number of nitrogens with two attached hydrogens (primary N) is 1.